The Bertz CT molecular complexity index is 1120. The second-order valence-corrected chi connectivity index (χ2v) is 7.59. The third kappa shape index (κ3) is 5.08. The molecule has 29 heavy (non-hydrogen) atoms. The fraction of sp³-hybridized carbons (Fsp3) is 0.0625. The fourth-order valence-corrected chi connectivity index (χ4v) is 3.47. The van der Waals surface area contributed by atoms with E-state index in [4.69, 9.17) is 0 Å². The maximum absolute atomic E-state index is 12.3. The number of aromatic nitrogens is 2. The Morgan fingerprint density at radius 2 is 2.07 bits per heavy atom. The largest absolute Gasteiger partial charge is 0.324 e. The predicted molar refractivity (Wildman–Crippen MR) is 108 cm³/mol. The molecule has 0 bridgehead atoms. The predicted octanol–water partition coefficient (Wildman–Crippen LogP) is 3.34. The first-order valence-corrected chi connectivity index (χ1v) is 9.48. The zero-order valence-electron chi connectivity index (χ0n) is 14.4. The van der Waals surface area contributed by atoms with Gasteiger partial charge < -0.3 is 0 Å². The summed E-state index contributed by atoms with van der Waals surface area (Å²) in [4.78, 5) is 33.4. The number of nitro groups is 2. The molecular weight excluding hydrogens is 468 g/mol. The molecule has 0 atom stereocenters. The van der Waals surface area contributed by atoms with Crippen molar-refractivity contribution in [3.63, 3.8) is 0 Å². The highest BCUT2D eigenvalue weighted by atomic mass is 79.9. The summed E-state index contributed by atoms with van der Waals surface area (Å²) >= 11 is 4.22. The minimum absolute atomic E-state index is 0.0697. The van der Waals surface area contributed by atoms with Gasteiger partial charge in [-0.1, -0.05) is 39.4 Å². The molecule has 3 rings (SSSR count). The molecule has 0 saturated carbocycles. The van der Waals surface area contributed by atoms with Gasteiger partial charge in [0.1, 0.15) is 6.20 Å². The van der Waals surface area contributed by atoms with Gasteiger partial charge in [0.05, 0.1) is 27.5 Å². The zero-order valence-corrected chi connectivity index (χ0v) is 16.8. The van der Waals surface area contributed by atoms with Crippen LogP contribution >= 0.6 is 27.3 Å². The van der Waals surface area contributed by atoms with Crippen LogP contribution in [0.4, 0.5) is 10.7 Å². The summed E-state index contributed by atoms with van der Waals surface area (Å²) in [6.45, 7) is 0.232. The lowest BCUT2D eigenvalue weighted by atomic mass is 10.2. The van der Waals surface area contributed by atoms with Gasteiger partial charge in [0.25, 0.3) is 5.91 Å². The molecule has 0 fully saturated rings. The minimum atomic E-state index is -0.869. The van der Waals surface area contributed by atoms with Crippen LogP contribution in [0.2, 0.25) is 0 Å². The number of nitrogens with zero attached hydrogens (tertiary/aromatic N) is 5. The van der Waals surface area contributed by atoms with E-state index in [1.54, 1.807) is 0 Å². The number of amides is 1. The molecule has 1 amide bonds. The SMILES string of the molecule is O=C(NN=Cc1ccc([N+](=O)[O-])s1)c1nn(Cc2cccc(Br)c2)cc1[N+](=O)[O-]. The molecule has 2 heterocycles. The molecular formula is C16H11BrN6O5S. The van der Waals surface area contributed by atoms with E-state index < -0.39 is 21.4 Å². The van der Waals surface area contributed by atoms with Crippen molar-refractivity contribution in [2.45, 2.75) is 6.54 Å². The molecule has 148 valence electrons. The molecule has 2 aromatic heterocycles. The zero-order chi connectivity index (χ0) is 21.0. The molecule has 1 N–H and O–H groups in total. The Kier molecular flexibility index (Phi) is 6.09. The number of benzene rings is 1. The maximum Gasteiger partial charge on any atom is 0.324 e. The van der Waals surface area contributed by atoms with Crippen LogP contribution in [0.1, 0.15) is 20.9 Å². The standard InChI is InChI=1S/C16H11BrN6O5S/c17-11-3-1-2-10(6-11)8-21-9-13(22(25)26)15(20-21)16(24)19-18-7-12-4-5-14(29-12)23(27)28/h1-7,9H,8H2,(H,19,24). The molecule has 3 aromatic rings. The molecule has 0 spiro atoms. The van der Waals surface area contributed by atoms with Crippen molar-refractivity contribution >= 4 is 50.1 Å². The van der Waals surface area contributed by atoms with Gasteiger partial charge in [0.15, 0.2) is 0 Å². The molecule has 1 aromatic carbocycles. The first kappa shape index (κ1) is 20.3. The third-order valence-electron chi connectivity index (χ3n) is 3.54. The van der Waals surface area contributed by atoms with E-state index in [0.29, 0.717) is 4.88 Å². The van der Waals surface area contributed by atoms with Gasteiger partial charge in [-0.3, -0.25) is 29.7 Å². The van der Waals surface area contributed by atoms with Crippen molar-refractivity contribution in [3.05, 3.63) is 83.4 Å². The Morgan fingerprint density at radius 3 is 2.72 bits per heavy atom. The minimum Gasteiger partial charge on any atom is -0.265 e. The summed E-state index contributed by atoms with van der Waals surface area (Å²) in [7, 11) is 0. The number of rotatable bonds is 7. The number of hydrogen-bond acceptors (Lipinski definition) is 8. The second kappa shape index (κ2) is 8.70. The Morgan fingerprint density at radius 1 is 1.28 bits per heavy atom. The fourth-order valence-electron chi connectivity index (χ4n) is 2.33. The summed E-state index contributed by atoms with van der Waals surface area (Å²) in [6, 6.07) is 10.1. The normalized spacial score (nSPS) is 10.9. The van der Waals surface area contributed by atoms with Gasteiger partial charge in [0.2, 0.25) is 5.69 Å². The van der Waals surface area contributed by atoms with Crippen LogP contribution in [0.25, 0.3) is 0 Å². The lowest BCUT2D eigenvalue weighted by molar-refractivity contribution is -0.385. The molecule has 0 aliphatic heterocycles. The van der Waals surface area contributed by atoms with E-state index in [0.717, 1.165) is 21.4 Å². The van der Waals surface area contributed by atoms with Crippen LogP contribution in [0.3, 0.4) is 0 Å². The van der Waals surface area contributed by atoms with Crippen molar-refractivity contribution in [3.8, 4) is 0 Å². The van der Waals surface area contributed by atoms with E-state index in [9.17, 15) is 25.0 Å². The lowest BCUT2D eigenvalue weighted by Crippen LogP contribution is -2.19. The van der Waals surface area contributed by atoms with E-state index in [1.807, 2.05) is 24.3 Å². The van der Waals surface area contributed by atoms with Crippen LogP contribution < -0.4 is 5.43 Å². The van der Waals surface area contributed by atoms with Crippen LogP contribution in [0, 0.1) is 20.2 Å². The number of nitrogens with one attached hydrogen (secondary N) is 1. The smallest absolute Gasteiger partial charge is 0.265 e. The summed E-state index contributed by atoms with van der Waals surface area (Å²) in [5.74, 6) is -0.869. The first-order chi connectivity index (χ1) is 13.8. The van der Waals surface area contributed by atoms with Gasteiger partial charge in [-0.15, -0.1) is 0 Å². The van der Waals surface area contributed by atoms with E-state index in [-0.39, 0.29) is 17.2 Å². The van der Waals surface area contributed by atoms with Crippen LogP contribution in [0.15, 0.2) is 52.2 Å². The highest BCUT2D eigenvalue weighted by Gasteiger charge is 2.25. The summed E-state index contributed by atoms with van der Waals surface area (Å²) in [5, 5.41) is 29.5. The van der Waals surface area contributed by atoms with Gasteiger partial charge in [-0.05, 0) is 23.8 Å². The van der Waals surface area contributed by atoms with E-state index in [2.05, 4.69) is 31.6 Å². The maximum atomic E-state index is 12.3. The van der Waals surface area contributed by atoms with Gasteiger partial charge in [-0.2, -0.15) is 10.2 Å². The third-order valence-corrected chi connectivity index (χ3v) is 5.00. The number of thiophene rings is 1. The van der Waals surface area contributed by atoms with Crippen LogP contribution in [-0.4, -0.2) is 31.7 Å². The average Bonchev–Trinajstić information content (AvgIpc) is 3.29. The molecule has 13 heteroatoms. The van der Waals surface area contributed by atoms with Crippen molar-refractivity contribution in [1.82, 2.24) is 15.2 Å². The summed E-state index contributed by atoms with van der Waals surface area (Å²) < 4.78 is 2.14. The van der Waals surface area contributed by atoms with Crippen LogP contribution in [-0.2, 0) is 6.54 Å². The highest BCUT2D eigenvalue weighted by molar-refractivity contribution is 9.10. The summed E-state index contributed by atoms with van der Waals surface area (Å²) in [6.07, 6.45) is 2.38. The van der Waals surface area contributed by atoms with E-state index in [1.165, 1.54) is 29.2 Å². The Labute approximate surface area is 175 Å². The molecule has 0 radical (unpaired) electrons. The van der Waals surface area contributed by atoms with Gasteiger partial charge in [-0.25, -0.2) is 5.43 Å². The lowest BCUT2D eigenvalue weighted by Gasteiger charge is -2.01. The average molecular weight is 479 g/mol. The van der Waals surface area contributed by atoms with Gasteiger partial charge in [0, 0.05) is 10.5 Å². The summed E-state index contributed by atoms with van der Waals surface area (Å²) in [5.41, 5.74) is 2.13. The van der Waals surface area contributed by atoms with Crippen molar-refractivity contribution < 1.29 is 14.6 Å². The topological polar surface area (TPSA) is 146 Å². The van der Waals surface area contributed by atoms with Crippen LogP contribution in [0.5, 0.6) is 0 Å². The van der Waals surface area contributed by atoms with E-state index >= 15 is 0 Å². The van der Waals surface area contributed by atoms with Crippen molar-refractivity contribution in [1.29, 1.82) is 0 Å². The number of carbonyl (C=O) groups excluding carboxylic acids is 1. The molecule has 11 nitrogen and oxygen atoms in total. The number of carbonyl (C=O) groups is 1. The highest BCUT2D eigenvalue weighted by Crippen LogP contribution is 2.22. The first-order valence-electron chi connectivity index (χ1n) is 7.87. The number of hydrogen-bond donors (Lipinski definition) is 1. The molecule has 0 aliphatic rings. The number of halogens is 1. The monoisotopic (exact) mass is 478 g/mol. The molecule has 0 aliphatic carbocycles. The number of hydrazone groups is 1. The quantitative estimate of drug-likeness (QED) is 0.313. The second-order valence-electron chi connectivity index (χ2n) is 5.58. The van der Waals surface area contributed by atoms with Crippen molar-refractivity contribution in [2.75, 3.05) is 0 Å². The Balaban J connectivity index is 1.74. The van der Waals surface area contributed by atoms with Gasteiger partial charge >= 0.3 is 10.7 Å². The molecule has 0 saturated heterocycles. The Hall–Kier alpha value is -3.45. The molecule has 0 unspecified atom stereocenters. The van der Waals surface area contributed by atoms with Crippen molar-refractivity contribution in [2.24, 2.45) is 5.10 Å².